The van der Waals surface area contributed by atoms with E-state index < -0.39 is 17.2 Å². The van der Waals surface area contributed by atoms with Gasteiger partial charge in [0.05, 0.1) is 10.9 Å². The number of aromatic nitrogens is 2. The summed E-state index contributed by atoms with van der Waals surface area (Å²) in [6, 6.07) is 8.22. The van der Waals surface area contributed by atoms with Crippen molar-refractivity contribution >= 4 is 28.6 Å². The SMILES string of the molecule is CC(C)(C)OC(=O)N1CCC(Oc2nn(-c3cc(F)ccc3F)c3ccc(Cl)cc23)CC1. The highest BCUT2D eigenvalue weighted by atomic mass is 35.5. The highest BCUT2D eigenvalue weighted by molar-refractivity contribution is 6.31. The summed E-state index contributed by atoms with van der Waals surface area (Å²) in [4.78, 5) is 13.9. The Morgan fingerprint density at radius 2 is 1.84 bits per heavy atom. The molecule has 0 saturated carbocycles. The lowest BCUT2D eigenvalue weighted by atomic mass is 10.1. The minimum Gasteiger partial charge on any atom is -0.473 e. The molecule has 0 spiro atoms. The van der Waals surface area contributed by atoms with Gasteiger partial charge in [-0.25, -0.2) is 18.3 Å². The minimum atomic E-state index is -0.608. The molecule has 0 aliphatic carbocycles. The van der Waals surface area contributed by atoms with Crippen molar-refractivity contribution in [3.05, 3.63) is 53.1 Å². The number of amides is 1. The van der Waals surface area contributed by atoms with Crippen LogP contribution in [0.4, 0.5) is 13.6 Å². The van der Waals surface area contributed by atoms with Crippen LogP contribution in [-0.4, -0.2) is 45.6 Å². The summed E-state index contributed by atoms with van der Waals surface area (Å²) in [5.74, 6) is -0.902. The van der Waals surface area contributed by atoms with E-state index in [4.69, 9.17) is 21.1 Å². The maximum Gasteiger partial charge on any atom is 0.410 e. The lowest BCUT2D eigenvalue weighted by Crippen LogP contribution is -2.44. The highest BCUT2D eigenvalue weighted by Crippen LogP contribution is 2.32. The molecule has 32 heavy (non-hydrogen) atoms. The molecule has 1 fully saturated rings. The number of carbonyl (C=O) groups is 1. The van der Waals surface area contributed by atoms with Gasteiger partial charge in [-0.15, -0.1) is 5.10 Å². The second-order valence-electron chi connectivity index (χ2n) is 8.76. The van der Waals surface area contributed by atoms with Crippen LogP contribution in [0.2, 0.25) is 5.02 Å². The smallest absolute Gasteiger partial charge is 0.410 e. The first-order chi connectivity index (χ1) is 15.1. The van der Waals surface area contributed by atoms with Crippen LogP contribution < -0.4 is 4.74 Å². The monoisotopic (exact) mass is 463 g/mol. The number of fused-ring (bicyclic) bond motifs is 1. The standard InChI is InChI=1S/C23H24ClF2N3O3/c1-23(2,3)32-22(30)28-10-8-16(9-11-28)31-21-17-12-14(24)4-7-19(17)29(27-21)20-13-15(25)5-6-18(20)26/h4-7,12-13,16H,8-11H2,1-3H3. The average molecular weight is 464 g/mol. The third-order valence-corrected chi connectivity index (χ3v) is 5.35. The van der Waals surface area contributed by atoms with Gasteiger partial charge in [0.1, 0.15) is 29.0 Å². The van der Waals surface area contributed by atoms with E-state index in [0.717, 1.165) is 18.2 Å². The van der Waals surface area contributed by atoms with Gasteiger partial charge in [0.25, 0.3) is 0 Å². The predicted molar refractivity (Wildman–Crippen MR) is 117 cm³/mol. The van der Waals surface area contributed by atoms with Crippen LogP contribution >= 0.6 is 11.6 Å². The molecule has 4 rings (SSSR count). The van der Waals surface area contributed by atoms with Crippen LogP contribution in [0.5, 0.6) is 5.88 Å². The summed E-state index contributed by atoms with van der Waals surface area (Å²) in [5, 5.41) is 5.49. The molecule has 3 aromatic rings. The van der Waals surface area contributed by atoms with Crippen LogP contribution in [0.3, 0.4) is 0 Å². The lowest BCUT2D eigenvalue weighted by Gasteiger charge is -2.33. The first-order valence-electron chi connectivity index (χ1n) is 10.4. The maximum absolute atomic E-state index is 14.4. The quantitative estimate of drug-likeness (QED) is 0.497. The van der Waals surface area contributed by atoms with Gasteiger partial charge >= 0.3 is 6.09 Å². The maximum atomic E-state index is 14.4. The Balaban J connectivity index is 1.56. The zero-order chi connectivity index (χ0) is 23.0. The molecule has 1 saturated heterocycles. The Morgan fingerprint density at radius 3 is 2.53 bits per heavy atom. The summed E-state index contributed by atoms with van der Waals surface area (Å²) >= 11 is 6.17. The topological polar surface area (TPSA) is 56.6 Å². The zero-order valence-electron chi connectivity index (χ0n) is 18.1. The van der Waals surface area contributed by atoms with Gasteiger partial charge in [0, 0.05) is 37.0 Å². The number of hydrogen-bond donors (Lipinski definition) is 0. The summed E-state index contributed by atoms with van der Waals surface area (Å²) in [5.41, 5.74) is -0.0336. The Morgan fingerprint density at radius 1 is 1.12 bits per heavy atom. The minimum absolute atomic E-state index is 0.0214. The molecule has 9 heteroatoms. The van der Waals surface area contributed by atoms with E-state index in [9.17, 15) is 13.6 Å². The van der Waals surface area contributed by atoms with Gasteiger partial charge in [-0.2, -0.15) is 0 Å². The third kappa shape index (κ3) is 4.80. The second kappa shape index (κ2) is 8.58. The zero-order valence-corrected chi connectivity index (χ0v) is 18.8. The van der Waals surface area contributed by atoms with E-state index in [1.165, 1.54) is 4.68 Å². The summed E-state index contributed by atoms with van der Waals surface area (Å²) in [6.07, 6.45) is 0.626. The van der Waals surface area contributed by atoms with E-state index in [1.54, 1.807) is 23.1 Å². The molecule has 1 aromatic heterocycles. The highest BCUT2D eigenvalue weighted by Gasteiger charge is 2.29. The van der Waals surface area contributed by atoms with Crippen LogP contribution in [0.15, 0.2) is 36.4 Å². The Labute approximate surface area is 189 Å². The van der Waals surface area contributed by atoms with E-state index in [-0.39, 0.29) is 23.8 Å². The van der Waals surface area contributed by atoms with Crippen LogP contribution in [0.1, 0.15) is 33.6 Å². The first-order valence-corrected chi connectivity index (χ1v) is 10.8. The molecule has 0 bridgehead atoms. The van der Waals surface area contributed by atoms with E-state index >= 15 is 0 Å². The van der Waals surface area contributed by atoms with E-state index in [0.29, 0.717) is 41.9 Å². The van der Waals surface area contributed by atoms with Gasteiger partial charge in [-0.3, -0.25) is 0 Å². The fourth-order valence-corrected chi connectivity index (χ4v) is 3.79. The Hall–Kier alpha value is -2.87. The molecule has 0 atom stereocenters. The van der Waals surface area contributed by atoms with Crippen molar-refractivity contribution < 1.29 is 23.0 Å². The number of piperidine rings is 1. The molecule has 2 aromatic carbocycles. The van der Waals surface area contributed by atoms with Crippen LogP contribution in [0, 0.1) is 11.6 Å². The van der Waals surface area contributed by atoms with E-state index in [2.05, 4.69) is 5.10 Å². The van der Waals surface area contributed by atoms with E-state index in [1.807, 2.05) is 20.8 Å². The first kappa shape index (κ1) is 22.3. The van der Waals surface area contributed by atoms with Crippen molar-refractivity contribution in [2.75, 3.05) is 13.1 Å². The molecular formula is C23H24ClF2N3O3. The van der Waals surface area contributed by atoms with Gasteiger partial charge in [-0.05, 0) is 51.1 Å². The van der Waals surface area contributed by atoms with Crippen molar-refractivity contribution in [2.24, 2.45) is 0 Å². The second-order valence-corrected chi connectivity index (χ2v) is 9.20. The molecule has 2 heterocycles. The normalized spacial score (nSPS) is 15.2. The number of likely N-dealkylation sites (tertiary alicyclic amines) is 1. The van der Waals surface area contributed by atoms with Gasteiger partial charge in [0.15, 0.2) is 0 Å². The molecule has 0 N–H and O–H groups in total. The van der Waals surface area contributed by atoms with Crippen molar-refractivity contribution in [3.8, 4) is 11.6 Å². The number of benzene rings is 2. The number of rotatable bonds is 3. The Kier molecular flexibility index (Phi) is 5.99. The predicted octanol–water partition coefficient (Wildman–Crippen LogP) is 5.74. The molecule has 1 aliphatic rings. The molecule has 170 valence electrons. The molecule has 6 nitrogen and oxygen atoms in total. The molecule has 0 radical (unpaired) electrons. The average Bonchev–Trinajstić information content (AvgIpc) is 3.06. The largest absolute Gasteiger partial charge is 0.473 e. The van der Waals surface area contributed by atoms with Gasteiger partial charge < -0.3 is 14.4 Å². The number of carbonyl (C=O) groups excluding carboxylic acids is 1. The van der Waals surface area contributed by atoms with Gasteiger partial charge in [-0.1, -0.05) is 11.6 Å². The Bertz CT molecular complexity index is 1150. The number of hydrogen-bond acceptors (Lipinski definition) is 4. The molecule has 1 aliphatic heterocycles. The third-order valence-electron chi connectivity index (χ3n) is 5.12. The van der Waals surface area contributed by atoms with Crippen molar-refractivity contribution in [3.63, 3.8) is 0 Å². The van der Waals surface area contributed by atoms with Crippen molar-refractivity contribution in [1.29, 1.82) is 0 Å². The summed E-state index contributed by atoms with van der Waals surface area (Å²) < 4.78 is 41.1. The van der Waals surface area contributed by atoms with Crippen molar-refractivity contribution in [2.45, 2.75) is 45.3 Å². The fourth-order valence-electron chi connectivity index (χ4n) is 3.62. The molecule has 1 amide bonds. The molecular weight excluding hydrogens is 440 g/mol. The van der Waals surface area contributed by atoms with Crippen LogP contribution in [0.25, 0.3) is 16.6 Å². The molecule has 0 unspecified atom stereocenters. The number of halogens is 3. The van der Waals surface area contributed by atoms with Gasteiger partial charge in [0.2, 0.25) is 5.88 Å². The van der Waals surface area contributed by atoms with Crippen molar-refractivity contribution in [1.82, 2.24) is 14.7 Å². The summed E-state index contributed by atoms with van der Waals surface area (Å²) in [6.45, 7) is 6.45. The lowest BCUT2D eigenvalue weighted by molar-refractivity contribution is 0.0124. The number of ether oxygens (including phenoxy) is 2. The van der Waals surface area contributed by atoms with Crippen LogP contribution in [-0.2, 0) is 4.74 Å². The summed E-state index contributed by atoms with van der Waals surface area (Å²) in [7, 11) is 0. The fraction of sp³-hybridized carbons (Fsp3) is 0.391. The number of nitrogens with zero attached hydrogens (tertiary/aromatic N) is 3.